The van der Waals surface area contributed by atoms with E-state index in [-0.39, 0.29) is 5.78 Å². The lowest BCUT2D eigenvalue weighted by Gasteiger charge is -2.32. The molecular formula is C14H18ClNO2. The second-order valence-electron chi connectivity index (χ2n) is 4.26. The van der Waals surface area contributed by atoms with Crippen LogP contribution in [0.25, 0.3) is 0 Å². The van der Waals surface area contributed by atoms with E-state index in [1.54, 1.807) is 6.07 Å². The lowest BCUT2D eigenvalue weighted by molar-refractivity contribution is -0.126. The molecule has 4 heteroatoms. The number of aliphatic hydroxyl groups excluding tert-OH is 1. The first-order valence-corrected chi connectivity index (χ1v) is 6.26. The standard InChI is InChI=1S/C12H14ClNO.C2H4O/c13-10-6-2-1-5-9(10)12(14)8-4-3-7-11(12)15;1-2-3/h1-2,5-6H,3-4,7-8,14H2;2-3H,1H2/t12-;/m1./s1. The quantitative estimate of drug-likeness (QED) is 0.767. The van der Waals surface area contributed by atoms with Crippen molar-refractivity contribution in [2.75, 3.05) is 0 Å². The van der Waals surface area contributed by atoms with Crippen LogP contribution < -0.4 is 5.73 Å². The van der Waals surface area contributed by atoms with Crippen LogP contribution in [-0.2, 0) is 10.3 Å². The van der Waals surface area contributed by atoms with Crippen molar-refractivity contribution in [1.82, 2.24) is 0 Å². The van der Waals surface area contributed by atoms with Crippen molar-refractivity contribution in [3.8, 4) is 0 Å². The van der Waals surface area contributed by atoms with Gasteiger partial charge >= 0.3 is 0 Å². The van der Waals surface area contributed by atoms with Gasteiger partial charge in [-0.2, -0.15) is 0 Å². The fourth-order valence-corrected chi connectivity index (χ4v) is 2.46. The first kappa shape index (κ1) is 14.7. The van der Waals surface area contributed by atoms with E-state index >= 15 is 0 Å². The Kier molecular flexibility index (Phi) is 5.38. The van der Waals surface area contributed by atoms with Crippen LogP contribution in [0.1, 0.15) is 31.2 Å². The van der Waals surface area contributed by atoms with Gasteiger partial charge < -0.3 is 10.8 Å². The molecule has 0 radical (unpaired) electrons. The fraction of sp³-hybridized carbons (Fsp3) is 0.357. The number of carbonyl (C=O) groups excluding carboxylic acids is 1. The first-order chi connectivity index (χ1) is 8.56. The zero-order valence-corrected chi connectivity index (χ0v) is 11.0. The third kappa shape index (κ3) is 3.12. The van der Waals surface area contributed by atoms with E-state index in [4.69, 9.17) is 22.4 Å². The van der Waals surface area contributed by atoms with Crippen LogP contribution in [0.2, 0.25) is 5.02 Å². The molecule has 1 saturated carbocycles. The van der Waals surface area contributed by atoms with E-state index in [0.717, 1.165) is 24.7 Å². The molecule has 1 fully saturated rings. The summed E-state index contributed by atoms with van der Waals surface area (Å²) in [5, 5.41) is 7.93. The zero-order valence-electron chi connectivity index (χ0n) is 10.2. The Labute approximate surface area is 112 Å². The van der Waals surface area contributed by atoms with E-state index in [1.165, 1.54) is 0 Å². The van der Waals surface area contributed by atoms with Crippen LogP contribution >= 0.6 is 11.6 Å². The minimum atomic E-state index is -0.851. The molecule has 18 heavy (non-hydrogen) atoms. The summed E-state index contributed by atoms with van der Waals surface area (Å²) >= 11 is 6.08. The third-order valence-corrected chi connectivity index (χ3v) is 3.41. The number of Topliss-reactive ketones (excluding diaryl/α,β-unsaturated/α-hetero) is 1. The number of hydrogen-bond donors (Lipinski definition) is 2. The summed E-state index contributed by atoms with van der Waals surface area (Å²) in [5.41, 5.74) is 6.11. The van der Waals surface area contributed by atoms with Crippen molar-refractivity contribution in [2.45, 2.75) is 31.2 Å². The highest BCUT2D eigenvalue weighted by Gasteiger charge is 2.38. The number of carbonyl (C=O) groups is 1. The highest BCUT2D eigenvalue weighted by Crippen LogP contribution is 2.35. The SMILES string of the molecule is C=CO.N[C@@]1(c2ccccc2Cl)CCCCC1=O. The molecule has 1 atom stereocenters. The normalized spacial score (nSPS) is 22.9. The minimum Gasteiger partial charge on any atom is -0.516 e. The summed E-state index contributed by atoms with van der Waals surface area (Å²) in [6.45, 7) is 2.92. The predicted molar refractivity (Wildman–Crippen MR) is 73.6 cm³/mol. The molecule has 0 saturated heterocycles. The van der Waals surface area contributed by atoms with E-state index in [9.17, 15) is 4.79 Å². The van der Waals surface area contributed by atoms with Crippen LogP contribution in [0.3, 0.4) is 0 Å². The fourth-order valence-electron chi connectivity index (χ4n) is 2.16. The summed E-state index contributed by atoms with van der Waals surface area (Å²) < 4.78 is 0. The first-order valence-electron chi connectivity index (χ1n) is 5.88. The molecule has 0 heterocycles. The smallest absolute Gasteiger partial charge is 0.157 e. The molecule has 1 aliphatic rings. The van der Waals surface area contributed by atoms with Gasteiger partial charge in [0.15, 0.2) is 5.78 Å². The van der Waals surface area contributed by atoms with Gasteiger partial charge in [-0.1, -0.05) is 42.8 Å². The van der Waals surface area contributed by atoms with Crippen LogP contribution in [0.15, 0.2) is 37.1 Å². The number of halogens is 1. The van der Waals surface area contributed by atoms with Crippen LogP contribution in [0.4, 0.5) is 0 Å². The maximum atomic E-state index is 11.9. The Morgan fingerprint density at radius 2 is 2.00 bits per heavy atom. The summed E-state index contributed by atoms with van der Waals surface area (Å²) in [6.07, 6.45) is 3.97. The maximum absolute atomic E-state index is 11.9. The van der Waals surface area contributed by atoms with Gasteiger partial charge in [0.05, 0.1) is 6.26 Å². The molecule has 2 rings (SSSR count). The van der Waals surface area contributed by atoms with Crippen molar-refractivity contribution in [1.29, 1.82) is 0 Å². The van der Waals surface area contributed by atoms with Gasteiger partial charge in [0.2, 0.25) is 0 Å². The second-order valence-corrected chi connectivity index (χ2v) is 4.67. The molecule has 0 amide bonds. The van der Waals surface area contributed by atoms with E-state index in [0.29, 0.717) is 17.9 Å². The lowest BCUT2D eigenvalue weighted by Crippen LogP contribution is -2.47. The van der Waals surface area contributed by atoms with Gasteiger partial charge in [-0.15, -0.1) is 0 Å². The summed E-state index contributed by atoms with van der Waals surface area (Å²) in [4.78, 5) is 11.9. The van der Waals surface area contributed by atoms with Crippen molar-refractivity contribution >= 4 is 17.4 Å². The molecule has 0 aromatic heterocycles. The van der Waals surface area contributed by atoms with Crippen LogP contribution in [0.5, 0.6) is 0 Å². The van der Waals surface area contributed by atoms with Crippen molar-refractivity contribution in [3.05, 3.63) is 47.7 Å². The Bertz CT molecular complexity index is 434. The molecule has 0 spiro atoms. The van der Waals surface area contributed by atoms with Gasteiger partial charge in [-0.3, -0.25) is 4.79 Å². The molecule has 3 N–H and O–H groups in total. The molecule has 98 valence electrons. The molecule has 0 bridgehead atoms. The molecule has 1 aromatic carbocycles. The van der Waals surface area contributed by atoms with E-state index in [1.807, 2.05) is 18.2 Å². The number of benzene rings is 1. The van der Waals surface area contributed by atoms with Gasteiger partial charge in [-0.05, 0) is 24.5 Å². The average Bonchev–Trinajstić information content (AvgIpc) is 2.34. The van der Waals surface area contributed by atoms with Gasteiger partial charge in [0.25, 0.3) is 0 Å². The Hall–Kier alpha value is -1.32. The van der Waals surface area contributed by atoms with Gasteiger partial charge in [0, 0.05) is 11.4 Å². The molecule has 3 nitrogen and oxygen atoms in total. The topological polar surface area (TPSA) is 63.3 Å². The number of ketones is 1. The van der Waals surface area contributed by atoms with Crippen molar-refractivity contribution in [2.24, 2.45) is 5.73 Å². The van der Waals surface area contributed by atoms with Crippen molar-refractivity contribution < 1.29 is 9.90 Å². The van der Waals surface area contributed by atoms with E-state index < -0.39 is 5.54 Å². The molecule has 0 aliphatic heterocycles. The zero-order chi connectivity index (χ0) is 13.6. The van der Waals surface area contributed by atoms with Gasteiger partial charge in [0.1, 0.15) is 5.54 Å². The van der Waals surface area contributed by atoms with Crippen LogP contribution in [-0.4, -0.2) is 10.9 Å². The van der Waals surface area contributed by atoms with Crippen LogP contribution in [0, 0.1) is 0 Å². The average molecular weight is 268 g/mol. The van der Waals surface area contributed by atoms with E-state index in [2.05, 4.69) is 6.58 Å². The molecule has 1 aliphatic carbocycles. The third-order valence-electron chi connectivity index (χ3n) is 3.08. The summed E-state index contributed by atoms with van der Waals surface area (Å²) in [7, 11) is 0. The van der Waals surface area contributed by atoms with Crippen molar-refractivity contribution in [3.63, 3.8) is 0 Å². The van der Waals surface area contributed by atoms with Gasteiger partial charge in [-0.25, -0.2) is 0 Å². The number of nitrogens with two attached hydrogens (primary N) is 1. The monoisotopic (exact) mass is 267 g/mol. The second kappa shape index (κ2) is 6.57. The largest absolute Gasteiger partial charge is 0.516 e. The highest BCUT2D eigenvalue weighted by atomic mass is 35.5. The Morgan fingerprint density at radius 1 is 1.39 bits per heavy atom. The summed E-state index contributed by atoms with van der Waals surface area (Å²) in [6, 6.07) is 7.36. The predicted octanol–water partition coefficient (Wildman–Crippen LogP) is 3.33. The molecule has 0 unspecified atom stereocenters. The number of hydrogen-bond acceptors (Lipinski definition) is 3. The maximum Gasteiger partial charge on any atom is 0.157 e. The molecular weight excluding hydrogens is 250 g/mol. The minimum absolute atomic E-state index is 0.113. The molecule has 1 aromatic rings. The number of aliphatic hydroxyl groups is 1. The number of rotatable bonds is 1. The summed E-state index contributed by atoms with van der Waals surface area (Å²) in [5.74, 6) is 0.113. The lowest BCUT2D eigenvalue weighted by atomic mass is 9.76. The Morgan fingerprint density at radius 3 is 2.56 bits per heavy atom. The highest BCUT2D eigenvalue weighted by molar-refractivity contribution is 6.31. The Balaban J connectivity index is 0.000000492.